The summed E-state index contributed by atoms with van der Waals surface area (Å²) in [4.78, 5) is 22.8. The van der Waals surface area contributed by atoms with E-state index in [4.69, 9.17) is 9.84 Å². The number of halogens is 2. The molecule has 0 bridgehead atoms. The second kappa shape index (κ2) is 7.04. The van der Waals surface area contributed by atoms with Gasteiger partial charge in [0, 0.05) is 0 Å². The molecule has 22 heavy (non-hydrogen) atoms. The van der Waals surface area contributed by atoms with E-state index in [1.807, 2.05) is 6.07 Å². The van der Waals surface area contributed by atoms with E-state index in [-0.39, 0.29) is 22.3 Å². The maximum Gasteiger partial charge on any atom is 0.411 e. The number of carbonyl (C=O) groups is 2. The molecule has 0 radical (unpaired) electrons. The predicted molar refractivity (Wildman–Crippen MR) is 81.3 cm³/mol. The molecular weight excluding hydrogens is 357 g/mol. The van der Waals surface area contributed by atoms with Crippen molar-refractivity contribution >= 4 is 33.7 Å². The van der Waals surface area contributed by atoms with Gasteiger partial charge >= 0.3 is 12.1 Å². The smallest absolute Gasteiger partial charge is 0.411 e. The minimum absolute atomic E-state index is 0.00639. The van der Waals surface area contributed by atoms with Crippen LogP contribution >= 0.6 is 15.9 Å². The van der Waals surface area contributed by atoms with Gasteiger partial charge in [0.15, 0.2) is 0 Å². The van der Waals surface area contributed by atoms with E-state index in [0.717, 1.165) is 17.7 Å². The van der Waals surface area contributed by atoms with Crippen molar-refractivity contribution in [3.63, 3.8) is 0 Å². The molecule has 2 rings (SSSR count). The van der Waals surface area contributed by atoms with Gasteiger partial charge in [-0.25, -0.2) is 14.0 Å². The third kappa shape index (κ3) is 4.05. The molecule has 2 N–H and O–H groups in total. The molecule has 0 atom stereocenters. The van der Waals surface area contributed by atoms with Crippen molar-refractivity contribution in [3.05, 3.63) is 63.9 Å². The van der Waals surface area contributed by atoms with Gasteiger partial charge in [-0.1, -0.05) is 30.3 Å². The summed E-state index contributed by atoms with van der Waals surface area (Å²) in [5, 5.41) is 11.3. The molecule has 0 aliphatic carbocycles. The Labute approximate surface area is 133 Å². The first-order valence-electron chi connectivity index (χ1n) is 6.17. The number of carboxylic acid groups (broad SMARTS) is 1. The zero-order chi connectivity index (χ0) is 16.1. The first kappa shape index (κ1) is 16.0. The molecule has 5 nitrogen and oxygen atoms in total. The molecule has 0 aromatic heterocycles. The molecule has 2 aromatic carbocycles. The lowest BCUT2D eigenvalue weighted by molar-refractivity contribution is 0.0698. The maximum absolute atomic E-state index is 13.5. The minimum atomic E-state index is -1.29. The number of nitrogens with one attached hydrogen (secondary N) is 1. The lowest BCUT2D eigenvalue weighted by atomic mass is 10.2. The van der Waals surface area contributed by atoms with E-state index in [1.165, 1.54) is 0 Å². The molecule has 0 aliphatic heterocycles. The number of hydrogen-bond donors (Lipinski definition) is 2. The van der Waals surface area contributed by atoms with Crippen molar-refractivity contribution in [1.82, 2.24) is 0 Å². The summed E-state index contributed by atoms with van der Waals surface area (Å²) in [5.74, 6) is -1.98. The third-order valence-electron chi connectivity index (χ3n) is 2.74. The van der Waals surface area contributed by atoms with Gasteiger partial charge in [0.25, 0.3) is 0 Å². The van der Waals surface area contributed by atoms with Crippen molar-refractivity contribution in [2.75, 3.05) is 5.32 Å². The SMILES string of the molecule is O=C(Nc1cc(F)c(Br)cc1C(=O)O)OCc1ccccc1. The van der Waals surface area contributed by atoms with Gasteiger partial charge < -0.3 is 9.84 Å². The van der Waals surface area contributed by atoms with Crippen molar-refractivity contribution in [2.45, 2.75) is 6.61 Å². The Bertz CT molecular complexity index is 706. The van der Waals surface area contributed by atoms with Crippen LogP contribution in [0.1, 0.15) is 15.9 Å². The van der Waals surface area contributed by atoms with Crippen LogP contribution in [0.25, 0.3) is 0 Å². The number of benzene rings is 2. The highest BCUT2D eigenvalue weighted by atomic mass is 79.9. The fraction of sp³-hybridized carbons (Fsp3) is 0.0667. The van der Waals surface area contributed by atoms with Crippen molar-refractivity contribution in [1.29, 1.82) is 0 Å². The average Bonchev–Trinajstić information content (AvgIpc) is 2.49. The van der Waals surface area contributed by atoms with Crippen molar-refractivity contribution in [2.24, 2.45) is 0 Å². The molecule has 2 aromatic rings. The second-order valence-electron chi connectivity index (χ2n) is 4.30. The number of aromatic carboxylic acids is 1. The molecule has 0 aliphatic rings. The van der Waals surface area contributed by atoms with E-state index in [9.17, 15) is 14.0 Å². The van der Waals surface area contributed by atoms with E-state index < -0.39 is 17.9 Å². The number of hydrogen-bond acceptors (Lipinski definition) is 3. The van der Waals surface area contributed by atoms with Gasteiger partial charge in [-0.3, -0.25) is 5.32 Å². The van der Waals surface area contributed by atoms with Crippen LogP contribution in [0.2, 0.25) is 0 Å². The van der Waals surface area contributed by atoms with Gasteiger partial charge in [-0.05, 0) is 33.6 Å². The van der Waals surface area contributed by atoms with Gasteiger partial charge in [-0.2, -0.15) is 0 Å². The number of amides is 1. The van der Waals surface area contributed by atoms with E-state index in [1.54, 1.807) is 24.3 Å². The highest BCUT2D eigenvalue weighted by molar-refractivity contribution is 9.10. The number of rotatable bonds is 4. The Morgan fingerprint density at radius 2 is 1.91 bits per heavy atom. The Hall–Kier alpha value is -2.41. The summed E-state index contributed by atoms with van der Waals surface area (Å²) in [6, 6.07) is 11.0. The maximum atomic E-state index is 13.5. The zero-order valence-electron chi connectivity index (χ0n) is 11.2. The van der Waals surface area contributed by atoms with Crippen LogP contribution in [-0.4, -0.2) is 17.2 Å². The van der Waals surface area contributed by atoms with Crippen LogP contribution in [0.4, 0.5) is 14.9 Å². The van der Waals surface area contributed by atoms with Crippen LogP contribution in [0.3, 0.4) is 0 Å². The topological polar surface area (TPSA) is 75.6 Å². The zero-order valence-corrected chi connectivity index (χ0v) is 12.8. The molecule has 1 amide bonds. The van der Waals surface area contributed by atoms with Crippen LogP contribution in [-0.2, 0) is 11.3 Å². The molecule has 114 valence electrons. The number of ether oxygens (including phenoxy) is 1. The number of carboxylic acids is 1. The van der Waals surface area contributed by atoms with E-state index >= 15 is 0 Å². The fourth-order valence-corrected chi connectivity index (χ4v) is 2.04. The Balaban J connectivity index is 2.08. The Morgan fingerprint density at radius 3 is 2.55 bits per heavy atom. The predicted octanol–water partition coefficient (Wildman–Crippen LogP) is 4.04. The monoisotopic (exact) mass is 367 g/mol. The summed E-state index contributed by atoms with van der Waals surface area (Å²) in [7, 11) is 0. The lowest BCUT2D eigenvalue weighted by Gasteiger charge is -2.10. The molecule has 0 saturated heterocycles. The molecular formula is C15H11BrFNO4. The number of carbonyl (C=O) groups excluding carboxylic acids is 1. The van der Waals surface area contributed by atoms with E-state index in [0.29, 0.717) is 0 Å². The van der Waals surface area contributed by atoms with Gasteiger partial charge in [-0.15, -0.1) is 0 Å². The van der Waals surface area contributed by atoms with Gasteiger partial charge in [0.2, 0.25) is 0 Å². The third-order valence-corrected chi connectivity index (χ3v) is 3.35. The molecule has 0 fully saturated rings. The van der Waals surface area contributed by atoms with Crippen molar-refractivity contribution in [3.8, 4) is 0 Å². The molecule has 0 heterocycles. The summed E-state index contributed by atoms with van der Waals surface area (Å²) in [6.07, 6.45) is -0.868. The normalized spacial score (nSPS) is 10.1. The molecule has 0 unspecified atom stereocenters. The second-order valence-corrected chi connectivity index (χ2v) is 5.16. The van der Waals surface area contributed by atoms with Gasteiger partial charge in [0.05, 0.1) is 15.7 Å². The highest BCUT2D eigenvalue weighted by Crippen LogP contribution is 2.25. The van der Waals surface area contributed by atoms with E-state index in [2.05, 4.69) is 21.2 Å². The minimum Gasteiger partial charge on any atom is -0.478 e. The molecule has 7 heteroatoms. The molecule has 0 spiro atoms. The number of anilines is 1. The van der Waals surface area contributed by atoms with Crippen LogP contribution in [0.5, 0.6) is 0 Å². The summed E-state index contributed by atoms with van der Waals surface area (Å²) < 4.78 is 18.4. The quantitative estimate of drug-likeness (QED) is 0.854. The van der Waals surface area contributed by atoms with Crippen molar-refractivity contribution < 1.29 is 23.8 Å². The average molecular weight is 368 g/mol. The Morgan fingerprint density at radius 1 is 1.23 bits per heavy atom. The highest BCUT2D eigenvalue weighted by Gasteiger charge is 2.16. The lowest BCUT2D eigenvalue weighted by Crippen LogP contribution is -2.16. The standard InChI is InChI=1S/C15H11BrFNO4/c16-11-6-10(14(19)20)13(7-12(11)17)18-15(21)22-8-9-4-2-1-3-5-9/h1-7H,8H2,(H,18,21)(H,19,20). The first-order valence-corrected chi connectivity index (χ1v) is 6.96. The molecule has 0 saturated carbocycles. The van der Waals surface area contributed by atoms with Crippen LogP contribution in [0, 0.1) is 5.82 Å². The first-order chi connectivity index (χ1) is 10.5. The van der Waals surface area contributed by atoms with Crippen LogP contribution < -0.4 is 5.32 Å². The summed E-state index contributed by atoms with van der Waals surface area (Å²) in [5.41, 5.74) is 0.356. The summed E-state index contributed by atoms with van der Waals surface area (Å²) >= 11 is 2.89. The Kier molecular flexibility index (Phi) is 5.11. The van der Waals surface area contributed by atoms with Gasteiger partial charge in [0.1, 0.15) is 12.4 Å². The largest absolute Gasteiger partial charge is 0.478 e. The fourth-order valence-electron chi connectivity index (χ4n) is 1.70. The van der Waals surface area contributed by atoms with Crippen LogP contribution in [0.15, 0.2) is 46.9 Å². The summed E-state index contributed by atoms with van der Waals surface area (Å²) in [6.45, 7) is 0.0219.